The van der Waals surface area contributed by atoms with Crippen LogP contribution in [0.25, 0.3) is 4.96 Å². The highest BCUT2D eigenvalue weighted by atomic mass is 32.2. The van der Waals surface area contributed by atoms with Crippen LogP contribution in [0.3, 0.4) is 0 Å². The zero-order valence-electron chi connectivity index (χ0n) is 8.93. The quantitative estimate of drug-likeness (QED) is 0.915. The lowest BCUT2D eigenvalue weighted by Crippen LogP contribution is -1.97. The molecule has 1 saturated carbocycles. The van der Waals surface area contributed by atoms with E-state index in [0.717, 1.165) is 15.7 Å². The molecule has 1 aliphatic rings. The van der Waals surface area contributed by atoms with Gasteiger partial charge in [-0.2, -0.15) is 0 Å². The summed E-state index contributed by atoms with van der Waals surface area (Å²) in [4.78, 5) is 5.58. The van der Waals surface area contributed by atoms with Crippen molar-refractivity contribution < 1.29 is 5.11 Å². The van der Waals surface area contributed by atoms with Crippen LogP contribution in [0.1, 0.15) is 31.4 Å². The van der Waals surface area contributed by atoms with E-state index >= 15 is 0 Å². The Morgan fingerprint density at radius 1 is 1.50 bits per heavy atom. The summed E-state index contributed by atoms with van der Waals surface area (Å²) < 4.78 is 2.00. The Labute approximate surface area is 103 Å². The summed E-state index contributed by atoms with van der Waals surface area (Å²) in [6.45, 7) is 0.0763. The minimum absolute atomic E-state index is 0.0763. The highest BCUT2D eigenvalue weighted by molar-refractivity contribution is 7.99. The molecule has 5 heteroatoms. The second-order valence-corrected chi connectivity index (χ2v) is 6.26. The van der Waals surface area contributed by atoms with E-state index in [2.05, 4.69) is 4.98 Å². The number of aliphatic hydroxyl groups is 1. The van der Waals surface area contributed by atoms with Gasteiger partial charge < -0.3 is 5.11 Å². The van der Waals surface area contributed by atoms with Crippen molar-refractivity contribution in [1.29, 1.82) is 0 Å². The summed E-state index contributed by atoms with van der Waals surface area (Å²) in [6, 6.07) is 0. The Balaban J connectivity index is 1.92. The first-order valence-electron chi connectivity index (χ1n) is 5.60. The molecule has 0 spiro atoms. The van der Waals surface area contributed by atoms with E-state index in [4.69, 9.17) is 0 Å². The topological polar surface area (TPSA) is 37.5 Å². The van der Waals surface area contributed by atoms with Gasteiger partial charge in [-0.05, 0) is 12.8 Å². The van der Waals surface area contributed by atoms with Crippen molar-refractivity contribution in [3.63, 3.8) is 0 Å². The predicted octanol–water partition coefficient (Wildman–Crippen LogP) is 2.92. The SMILES string of the molecule is OCc1c(SC2CCCC2)nc2sccn12. The number of aromatic nitrogens is 2. The third kappa shape index (κ3) is 1.77. The van der Waals surface area contributed by atoms with E-state index in [1.807, 2.05) is 27.7 Å². The molecule has 86 valence electrons. The Morgan fingerprint density at radius 2 is 2.31 bits per heavy atom. The summed E-state index contributed by atoms with van der Waals surface area (Å²) in [6.07, 6.45) is 7.25. The van der Waals surface area contributed by atoms with E-state index in [-0.39, 0.29) is 6.61 Å². The summed E-state index contributed by atoms with van der Waals surface area (Å²) in [5, 5.41) is 13.2. The maximum atomic E-state index is 9.43. The number of hydrogen-bond donors (Lipinski definition) is 1. The molecular weight excluding hydrogens is 240 g/mol. The first kappa shape index (κ1) is 10.6. The Kier molecular flexibility index (Phi) is 2.91. The third-order valence-electron chi connectivity index (χ3n) is 3.05. The molecule has 1 fully saturated rings. The van der Waals surface area contributed by atoms with Gasteiger partial charge >= 0.3 is 0 Å². The molecule has 0 aromatic carbocycles. The summed E-state index contributed by atoms with van der Waals surface area (Å²) in [7, 11) is 0. The molecule has 0 atom stereocenters. The zero-order chi connectivity index (χ0) is 11.0. The van der Waals surface area contributed by atoms with E-state index in [9.17, 15) is 5.11 Å². The van der Waals surface area contributed by atoms with Crippen molar-refractivity contribution in [2.24, 2.45) is 0 Å². The number of fused-ring (bicyclic) bond motifs is 1. The second-order valence-electron chi connectivity index (χ2n) is 4.10. The lowest BCUT2D eigenvalue weighted by Gasteiger charge is -2.06. The minimum atomic E-state index is 0.0763. The van der Waals surface area contributed by atoms with Crippen LogP contribution in [0, 0.1) is 0 Å². The Morgan fingerprint density at radius 3 is 3.06 bits per heavy atom. The van der Waals surface area contributed by atoms with Crippen molar-refractivity contribution in [2.75, 3.05) is 0 Å². The van der Waals surface area contributed by atoms with Gasteiger partial charge in [-0.15, -0.1) is 23.1 Å². The molecule has 0 aliphatic heterocycles. The van der Waals surface area contributed by atoms with Gasteiger partial charge in [-0.25, -0.2) is 4.98 Å². The molecule has 0 radical (unpaired) electrons. The molecule has 1 aliphatic carbocycles. The van der Waals surface area contributed by atoms with Crippen molar-refractivity contribution >= 4 is 28.1 Å². The molecule has 0 bridgehead atoms. The monoisotopic (exact) mass is 254 g/mol. The van der Waals surface area contributed by atoms with Crippen LogP contribution < -0.4 is 0 Å². The number of aliphatic hydroxyl groups excluding tert-OH is 1. The van der Waals surface area contributed by atoms with E-state index in [1.165, 1.54) is 25.7 Å². The molecule has 2 heterocycles. The average Bonchev–Trinajstić information content (AvgIpc) is 2.93. The van der Waals surface area contributed by atoms with Gasteiger partial charge in [-0.3, -0.25) is 4.40 Å². The van der Waals surface area contributed by atoms with Crippen LogP contribution in [0.5, 0.6) is 0 Å². The molecule has 0 saturated heterocycles. The normalized spacial score (nSPS) is 17.6. The number of nitrogens with zero attached hydrogens (tertiary/aromatic N) is 2. The second kappa shape index (κ2) is 4.39. The summed E-state index contributed by atoms with van der Waals surface area (Å²) in [5.74, 6) is 0. The van der Waals surface area contributed by atoms with Crippen molar-refractivity contribution in [2.45, 2.75) is 42.6 Å². The fourth-order valence-corrected chi connectivity index (χ4v) is 4.33. The largest absolute Gasteiger partial charge is 0.390 e. The van der Waals surface area contributed by atoms with Gasteiger partial charge in [0.1, 0.15) is 5.03 Å². The van der Waals surface area contributed by atoms with Gasteiger partial charge in [-0.1, -0.05) is 12.8 Å². The van der Waals surface area contributed by atoms with Crippen LogP contribution in [-0.2, 0) is 6.61 Å². The molecule has 1 N–H and O–H groups in total. The lowest BCUT2D eigenvalue weighted by molar-refractivity contribution is 0.272. The number of rotatable bonds is 3. The first-order chi connectivity index (χ1) is 7.88. The van der Waals surface area contributed by atoms with Gasteiger partial charge in [0, 0.05) is 16.8 Å². The molecule has 0 amide bonds. The minimum Gasteiger partial charge on any atom is -0.390 e. The Hall–Kier alpha value is -0.520. The Bertz CT molecular complexity index is 485. The van der Waals surface area contributed by atoms with Crippen LogP contribution in [0.15, 0.2) is 16.6 Å². The number of thioether (sulfide) groups is 1. The van der Waals surface area contributed by atoms with Crippen LogP contribution in [0.4, 0.5) is 0 Å². The smallest absolute Gasteiger partial charge is 0.195 e. The fraction of sp³-hybridized carbons (Fsp3) is 0.545. The van der Waals surface area contributed by atoms with Crippen LogP contribution >= 0.6 is 23.1 Å². The number of hydrogen-bond acceptors (Lipinski definition) is 4. The average molecular weight is 254 g/mol. The highest BCUT2D eigenvalue weighted by Gasteiger charge is 2.20. The van der Waals surface area contributed by atoms with Crippen molar-refractivity contribution in [3.8, 4) is 0 Å². The molecule has 0 unspecified atom stereocenters. The third-order valence-corrected chi connectivity index (χ3v) is 5.17. The fourth-order valence-electron chi connectivity index (χ4n) is 2.22. The van der Waals surface area contributed by atoms with Gasteiger partial charge in [0.2, 0.25) is 0 Å². The molecule has 16 heavy (non-hydrogen) atoms. The van der Waals surface area contributed by atoms with Crippen LogP contribution in [-0.4, -0.2) is 19.7 Å². The maximum absolute atomic E-state index is 9.43. The van der Waals surface area contributed by atoms with E-state index < -0.39 is 0 Å². The first-order valence-corrected chi connectivity index (χ1v) is 7.36. The highest BCUT2D eigenvalue weighted by Crippen LogP contribution is 2.36. The van der Waals surface area contributed by atoms with Crippen molar-refractivity contribution in [1.82, 2.24) is 9.38 Å². The summed E-state index contributed by atoms with van der Waals surface area (Å²) in [5.41, 5.74) is 0.952. The van der Waals surface area contributed by atoms with Gasteiger partial charge in [0.25, 0.3) is 0 Å². The van der Waals surface area contributed by atoms with Gasteiger partial charge in [0.05, 0.1) is 12.3 Å². The van der Waals surface area contributed by atoms with E-state index in [0.29, 0.717) is 5.25 Å². The molecule has 3 rings (SSSR count). The standard InChI is InChI=1S/C11H14N2OS2/c14-7-9-10(16-8-3-1-2-4-8)12-11-13(9)5-6-15-11/h5-6,8,14H,1-4,7H2. The van der Waals surface area contributed by atoms with Crippen molar-refractivity contribution in [3.05, 3.63) is 17.3 Å². The lowest BCUT2D eigenvalue weighted by atomic mass is 10.4. The molecule has 3 nitrogen and oxygen atoms in total. The summed E-state index contributed by atoms with van der Waals surface area (Å²) >= 11 is 3.47. The molecular formula is C11H14N2OS2. The van der Waals surface area contributed by atoms with Crippen LogP contribution in [0.2, 0.25) is 0 Å². The molecule has 2 aromatic heterocycles. The predicted molar refractivity (Wildman–Crippen MR) is 67.1 cm³/mol. The maximum Gasteiger partial charge on any atom is 0.195 e. The zero-order valence-corrected chi connectivity index (χ0v) is 10.6. The number of imidazole rings is 1. The van der Waals surface area contributed by atoms with E-state index in [1.54, 1.807) is 11.3 Å². The van der Waals surface area contributed by atoms with Gasteiger partial charge in [0.15, 0.2) is 4.96 Å². The molecule has 2 aromatic rings. The number of thiazole rings is 1.